The molecule has 1 amide bonds. The van der Waals surface area contributed by atoms with Gasteiger partial charge in [0.25, 0.3) is 11.6 Å². The van der Waals surface area contributed by atoms with Gasteiger partial charge >= 0.3 is 0 Å². The number of amides is 1. The molecule has 0 aliphatic carbocycles. The topological polar surface area (TPSA) is 167 Å². The Labute approximate surface area is 251 Å². The van der Waals surface area contributed by atoms with Gasteiger partial charge in [0.15, 0.2) is 15.9 Å². The maximum atomic E-state index is 13.5. The van der Waals surface area contributed by atoms with E-state index < -0.39 is 32.5 Å². The second-order valence-electron chi connectivity index (χ2n) is 9.84. The Morgan fingerprint density at radius 1 is 1.09 bits per heavy atom. The zero-order valence-electron chi connectivity index (χ0n) is 24.7. The van der Waals surface area contributed by atoms with Crippen LogP contribution in [0.1, 0.15) is 37.8 Å². The number of rotatable bonds is 13. The molecule has 1 unspecified atom stereocenters. The highest BCUT2D eigenvalue weighted by atomic mass is 32.2. The van der Waals surface area contributed by atoms with Crippen LogP contribution in [0.2, 0.25) is 0 Å². The Bertz CT molecular complexity index is 1680. The van der Waals surface area contributed by atoms with Crippen molar-refractivity contribution in [2.24, 2.45) is 10.2 Å². The van der Waals surface area contributed by atoms with E-state index in [0.29, 0.717) is 31.7 Å². The number of hydrogen-bond acceptors (Lipinski definition) is 10. The number of hydrogen-bond donors (Lipinski definition) is 1. The monoisotopic (exact) mass is 606 g/mol. The maximum Gasteiger partial charge on any atom is 0.270 e. The summed E-state index contributed by atoms with van der Waals surface area (Å²) in [7, 11) is -3.88. The summed E-state index contributed by atoms with van der Waals surface area (Å²) in [5, 5.41) is 31.5. The molecule has 0 aliphatic heterocycles. The predicted molar refractivity (Wildman–Crippen MR) is 164 cm³/mol. The smallest absolute Gasteiger partial charge is 0.270 e. The van der Waals surface area contributed by atoms with E-state index in [1.165, 1.54) is 6.07 Å². The van der Waals surface area contributed by atoms with Crippen molar-refractivity contribution < 1.29 is 22.9 Å². The van der Waals surface area contributed by atoms with E-state index in [0.717, 1.165) is 35.2 Å². The number of nitriles is 1. The molecule has 0 radical (unpaired) electrons. The Kier molecular flexibility index (Phi) is 10.9. The fourth-order valence-electron chi connectivity index (χ4n) is 4.29. The van der Waals surface area contributed by atoms with Crippen molar-refractivity contribution in [1.29, 1.82) is 5.26 Å². The summed E-state index contributed by atoms with van der Waals surface area (Å²) in [6.07, 6.45) is 0.765. The Balaban J connectivity index is 2.03. The van der Waals surface area contributed by atoms with Gasteiger partial charge in [0.2, 0.25) is 0 Å². The Hall–Kier alpha value is -4.83. The predicted octanol–water partition coefficient (Wildman–Crippen LogP) is 6.57. The molecule has 13 heteroatoms. The SMILES string of the molecule is CCC(Oc1ccc(C)cc1C)C(=O)Nc1cc(N(CC)CCC#N)ccc1N=Nc1ccc([N+](=O)[O-])cc1S(C)(=O)=O. The van der Waals surface area contributed by atoms with Crippen LogP contribution in [-0.2, 0) is 14.6 Å². The largest absolute Gasteiger partial charge is 0.480 e. The molecule has 3 rings (SSSR count). The van der Waals surface area contributed by atoms with Crippen LogP contribution in [0.5, 0.6) is 5.75 Å². The summed E-state index contributed by atoms with van der Waals surface area (Å²) < 4.78 is 30.8. The number of nitrogens with one attached hydrogen (secondary N) is 1. The van der Waals surface area contributed by atoms with Crippen molar-refractivity contribution >= 4 is 44.2 Å². The van der Waals surface area contributed by atoms with Crippen molar-refractivity contribution in [2.45, 2.75) is 51.5 Å². The number of ether oxygens (including phenoxy) is 1. The van der Waals surface area contributed by atoms with E-state index in [-0.39, 0.29) is 22.0 Å². The first kappa shape index (κ1) is 32.7. The molecule has 43 heavy (non-hydrogen) atoms. The van der Waals surface area contributed by atoms with E-state index in [2.05, 4.69) is 21.6 Å². The molecule has 0 fully saturated rings. The van der Waals surface area contributed by atoms with E-state index in [1.54, 1.807) is 18.2 Å². The van der Waals surface area contributed by atoms with Gasteiger partial charge in [0.1, 0.15) is 22.0 Å². The van der Waals surface area contributed by atoms with Gasteiger partial charge in [-0.3, -0.25) is 14.9 Å². The fourth-order valence-corrected chi connectivity index (χ4v) is 5.11. The number of sulfone groups is 1. The lowest BCUT2D eigenvalue weighted by molar-refractivity contribution is -0.385. The number of nitro benzene ring substituents is 1. The first-order chi connectivity index (χ1) is 20.4. The zero-order chi connectivity index (χ0) is 31.7. The highest BCUT2D eigenvalue weighted by Gasteiger charge is 2.22. The number of non-ortho nitro benzene ring substituents is 1. The third kappa shape index (κ3) is 8.59. The third-order valence-electron chi connectivity index (χ3n) is 6.56. The van der Waals surface area contributed by atoms with Gasteiger partial charge in [-0.15, -0.1) is 10.2 Å². The van der Waals surface area contributed by atoms with Crippen LogP contribution >= 0.6 is 0 Å². The molecule has 12 nitrogen and oxygen atoms in total. The summed E-state index contributed by atoms with van der Waals surface area (Å²) in [6, 6.07) is 16.1. The minimum absolute atomic E-state index is 0.0942. The highest BCUT2D eigenvalue weighted by Crippen LogP contribution is 2.35. The molecule has 0 heterocycles. The molecule has 226 valence electrons. The number of carbonyl (C=O) groups excluding carboxylic acids is 1. The maximum absolute atomic E-state index is 13.5. The lowest BCUT2D eigenvalue weighted by atomic mass is 10.1. The summed E-state index contributed by atoms with van der Waals surface area (Å²) in [4.78, 5) is 25.6. The molecule has 1 N–H and O–H groups in total. The quantitative estimate of drug-likeness (QED) is 0.129. The second-order valence-corrected chi connectivity index (χ2v) is 11.8. The highest BCUT2D eigenvalue weighted by molar-refractivity contribution is 7.90. The van der Waals surface area contributed by atoms with Crippen LogP contribution in [0.3, 0.4) is 0 Å². The van der Waals surface area contributed by atoms with Crippen molar-refractivity contribution in [3.8, 4) is 11.8 Å². The zero-order valence-corrected chi connectivity index (χ0v) is 25.5. The van der Waals surface area contributed by atoms with Crippen LogP contribution in [0.4, 0.5) is 28.4 Å². The Morgan fingerprint density at radius 2 is 1.79 bits per heavy atom. The van der Waals surface area contributed by atoms with Gasteiger partial charge in [0, 0.05) is 37.2 Å². The summed E-state index contributed by atoms with van der Waals surface area (Å²) >= 11 is 0. The van der Waals surface area contributed by atoms with Crippen LogP contribution < -0.4 is 15.0 Å². The number of aryl methyl sites for hydroxylation is 2. The summed E-state index contributed by atoms with van der Waals surface area (Å²) in [5.74, 6) is 0.157. The standard InChI is InChI=1S/C30H34N6O6S/c1-6-27(42-28-14-9-20(3)17-21(28)4)30(37)32-26-18-22(35(7-2)16-8-15-31)10-12-24(26)33-34-25-13-11-23(36(38)39)19-29(25)43(5,40)41/h9-14,17-19,27H,6-8,16H2,1-5H3,(H,32,37). The van der Waals surface area contributed by atoms with Gasteiger partial charge < -0.3 is 15.0 Å². The molecule has 3 aromatic carbocycles. The number of azo groups is 1. The lowest BCUT2D eigenvalue weighted by Gasteiger charge is -2.24. The van der Waals surface area contributed by atoms with Crippen LogP contribution in [0, 0.1) is 35.3 Å². The van der Waals surface area contributed by atoms with Gasteiger partial charge in [-0.1, -0.05) is 24.6 Å². The number of benzene rings is 3. The number of anilines is 2. The van der Waals surface area contributed by atoms with E-state index in [1.807, 2.05) is 50.8 Å². The molecule has 0 saturated carbocycles. The summed E-state index contributed by atoms with van der Waals surface area (Å²) in [6.45, 7) is 8.70. The first-order valence-corrected chi connectivity index (χ1v) is 15.5. The molecule has 0 aliphatic rings. The minimum Gasteiger partial charge on any atom is -0.480 e. The van der Waals surface area contributed by atoms with Crippen LogP contribution in [0.15, 0.2) is 69.7 Å². The minimum atomic E-state index is -3.88. The third-order valence-corrected chi connectivity index (χ3v) is 7.69. The van der Waals surface area contributed by atoms with Gasteiger partial charge in [-0.25, -0.2) is 8.42 Å². The molecular formula is C30H34N6O6S. The van der Waals surface area contributed by atoms with E-state index >= 15 is 0 Å². The molecule has 1 atom stereocenters. The second kappa shape index (κ2) is 14.4. The molecule has 0 saturated heterocycles. The Morgan fingerprint density at radius 3 is 2.40 bits per heavy atom. The number of carbonyl (C=O) groups is 1. The van der Waals surface area contributed by atoms with Gasteiger partial charge in [0.05, 0.1) is 23.1 Å². The van der Waals surface area contributed by atoms with Crippen LogP contribution in [0.25, 0.3) is 0 Å². The molecule has 3 aromatic rings. The average molecular weight is 607 g/mol. The lowest BCUT2D eigenvalue weighted by Crippen LogP contribution is -2.32. The number of nitrogens with zero attached hydrogens (tertiary/aromatic N) is 5. The van der Waals surface area contributed by atoms with E-state index in [4.69, 9.17) is 10.00 Å². The summed E-state index contributed by atoms with van der Waals surface area (Å²) in [5.41, 5.74) is 2.69. The molecule has 0 aromatic heterocycles. The van der Waals surface area contributed by atoms with Crippen molar-refractivity contribution in [3.05, 3.63) is 75.8 Å². The molecule has 0 spiro atoms. The van der Waals surface area contributed by atoms with Crippen LogP contribution in [-0.4, -0.2) is 44.7 Å². The average Bonchev–Trinajstić information content (AvgIpc) is 2.96. The van der Waals surface area contributed by atoms with Crippen molar-refractivity contribution in [3.63, 3.8) is 0 Å². The van der Waals surface area contributed by atoms with Crippen molar-refractivity contribution in [2.75, 3.05) is 29.6 Å². The number of nitro groups is 1. The first-order valence-electron chi connectivity index (χ1n) is 13.6. The van der Waals surface area contributed by atoms with Crippen molar-refractivity contribution in [1.82, 2.24) is 0 Å². The molecule has 0 bridgehead atoms. The van der Waals surface area contributed by atoms with Gasteiger partial charge in [-0.2, -0.15) is 5.26 Å². The van der Waals surface area contributed by atoms with E-state index in [9.17, 15) is 23.3 Å². The fraction of sp³-hybridized carbons (Fsp3) is 0.333. The van der Waals surface area contributed by atoms with Gasteiger partial charge in [-0.05, 0) is 63.1 Å². The normalized spacial score (nSPS) is 12.0. The molecular weight excluding hydrogens is 572 g/mol.